The lowest BCUT2D eigenvalue weighted by Crippen LogP contribution is -2.50. The zero-order valence-corrected chi connectivity index (χ0v) is 26.2. The number of aryl methyl sites for hydroxylation is 1. The van der Waals surface area contributed by atoms with Crippen LogP contribution in [0, 0.1) is 6.92 Å². The first-order valence-electron chi connectivity index (χ1n) is 14.8. The number of piperazine rings is 1. The van der Waals surface area contributed by atoms with Gasteiger partial charge in [0.1, 0.15) is 5.60 Å². The molecule has 0 saturated carbocycles. The molecule has 10 nitrogen and oxygen atoms in total. The Morgan fingerprint density at radius 1 is 0.933 bits per heavy atom. The van der Waals surface area contributed by atoms with Crippen molar-refractivity contribution in [1.82, 2.24) is 14.8 Å². The van der Waals surface area contributed by atoms with Crippen LogP contribution < -0.4 is 0 Å². The van der Waals surface area contributed by atoms with Crippen molar-refractivity contribution in [2.75, 3.05) is 39.8 Å². The lowest BCUT2D eigenvalue weighted by Gasteiger charge is -2.34. The highest BCUT2D eigenvalue weighted by Crippen LogP contribution is 2.33. The smallest absolute Gasteiger partial charge is 0.338 e. The predicted octanol–water partition coefficient (Wildman–Crippen LogP) is 5.24. The number of nitrogens with zero attached hydrogens (tertiary/aromatic N) is 3. The number of hydrogen-bond acceptors (Lipinski definition) is 8. The van der Waals surface area contributed by atoms with Crippen molar-refractivity contribution in [1.29, 1.82) is 0 Å². The van der Waals surface area contributed by atoms with E-state index in [0.717, 1.165) is 5.56 Å². The number of carbonyl (C=O) groups is 3. The van der Waals surface area contributed by atoms with Gasteiger partial charge in [-0.2, -0.15) is 0 Å². The van der Waals surface area contributed by atoms with Gasteiger partial charge in [-0.3, -0.25) is 14.5 Å². The van der Waals surface area contributed by atoms with E-state index in [9.17, 15) is 19.5 Å². The summed E-state index contributed by atoms with van der Waals surface area (Å²) in [6.45, 7) is 9.74. The molecule has 1 fully saturated rings. The van der Waals surface area contributed by atoms with Gasteiger partial charge in [0.15, 0.2) is 5.88 Å². The van der Waals surface area contributed by atoms with Gasteiger partial charge < -0.3 is 24.5 Å². The van der Waals surface area contributed by atoms with Gasteiger partial charge in [-0.1, -0.05) is 30.3 Å². The van der Waals surface area contributed by atoms with Gasteiger partial charge in [0.2, 0.25) is 0 Å². The van der Waals surface area contributed by atoms with Gasteiger partial charge in [0, 0.05) is 48.2 Å². The molecule has 0 aliphatic carbocycles. The predicted molar refractivity (Wildman–Crippen MR) is 172 cm³/mol. The van der Waals surface area contributed by atoms with E-state index in [1.807, 2.05) is 69.0 Å². The molecule has 1 amide bonds. The highest BCUT2D eigenvalue weighted by molar-refractivity contribution is 6.22. The van der Waals surface area contributed by atoms with Crippen molar-refractivity contribution in [2.45, 2.75) is 33.3 Å². The Balaban J connectivity index is 1.38. The third-order valence-electron chi connectivity index (χ3n) is 7.60. The van der Waals surface area contributed by atoms with E-state index in [-0.39, 0.29) is 24.3 Å². The van der Waals surface area contributed by atoms with Gasteiger partial charge in [0.25, 0.3) is 5.91 Å². The van der Waals surface area contributed by atoms with Crippen LogP contribution in [0.15, 0.2) is 71.7 Å². The maximum atomic E-state index is 13.3. The van der Waals surface area contributed by atoms with E-state index in [1.165, 1.54) is 7.11 Å². The Labute approximate surface area is 262 Å². The molecule has 1 saturated heterocycles. The minimum Gasteiger partial charge on any atom is -0.494 e. The number of aromatic amines is 1. The number of nitrogens with one attached hydrogen (secondary N) is 1. The summed E-state index contributed by atoms with van der Waals surface area (Å²) in [7, 11) is 1.33. The van der Waals surface area contributed by atoms with Crippen molar-refractivity contribution >= 4 is 40.1 Å². The quantitative estimate of drug-likeness (QED) is 0.217. The fourth-order valence-corrected chi connectivity index (χ4v) is 5.42. The number of benzene rings is 3. The third-order valence-corrected chi connectivity index (χ3v) is 7.60. The molecule has 234 valence electrons. The highest BCUT2D eigenvalue weighted by Gasteiger charge is 2.26. The van der Waals surface area contributed by atoms with Crippen LogP contribution in [-0.4, -0.2) is 88.9 Å². The van der Waals surface area contributed by atoms with Gasteiger partial charge in [0.05, 0.1) is 36.2 Å². The van der Waals surface area contributed by atoms with Gasteiger partial charge >= 0.3 is 11.9 Å². The second-order valence-electron chi connectivity index (χ2n) is 12.1. The number of carbonyl (C=O) groups excluding carboxylic acids is 3. The van der Waals surface area contributed by atoms with Gasteiger partial charge in [-0.25, -0.2) is 9.79 Å². The average molecular weight is 611 g/mol. The van der Waals surface area contributed by atoms with Gasteiger partial charge in [-0.05, 0) is 69.7 Å². The van der Waals surface area contributed by atoms with Crippen LogP contribution in [0.5, 0.6) is 5.88 Å². The summed E-state index contributed by atoms with van der Waals surface area (Å²) >= 11 is 0. The number of aromatic hydroxyl groups is 1. The number of ether oxygens (including phenoxy) is 2. The summed E-state index contributed by atoms with van der Waals surface area (Å²) in [6, 6.07) is 20.1. The Morgan fingerprint density at radius 3 is 2.22 bits per heavy atom. The lowest BCUT2D eigenvalue weighted by atomic mass is 9.98. The van der Waals surface area contributed by atoms with Crippen LogP contribution >= 0.6 is 0 Å². The molecule has 45 heavy (non-hydrogen) atoms. The zero-order chi connectivity index (χ0) is 32.3. The maximum Gasteiger partial charge on any atom is 0.338 e. The van der Waals surface area contributed by atoms with Crippen molar-refractivity contribution < 1.29 is 29.0 Å². The monoisotopic (exact) mass is 610 g/mol. The number of amides is 1. The fraction of sp³-hybridized carbons (Fsp3) is 0.314. The van der Waals surface area contributed by atoms with Crippen LogP contribution in [0.25, 0.3) is 10.9 Å². The molecule has 1 aliphatic heterocycles. The molecule has 2 heterocycles. The van der Waals surface area contributed by atoms with E-state index in [4.69, 9.17) is 14.5 Å². The zero-order valence-electron chi connectivity index (χ0n) is 26.2. The van der Waals surface area contributed by atoms with Crippen LogP contribution in [0.3, 0.4) is 0 Å². The summed E-state index contributed by atoms with van der Waals surface area (Å²) < 4.78 is 10.3. The Kier molecular flexibility index (Phi) is 9.06. The topological polar surface area (TPSA) is 125 Å². The van der Waals surface area contributed by atoms with E-state index in [1.54, 1.807) is 35.2 Å². The number of hydrogen-bond donors (Lipinski definition) is 2. The third kappa shape index (κ3) is 7.24. The first-order chi connectivity index (χ1) is 21.4. The summed E-state index contributed by atoms with van der Waals surface area (Å²) in [6.07, 6.45) is 0. The van der Waals surface area contributed by atoms with E-state index >= 15 is 0 Å². The molecule has 2 N–H and O–H groups in total. The number of aromatic nitrogens is 1. The van der Waals surface area contributed by atoms with Crippen LogP contribution in [0.1, 0.15) is 58.2 Å². The molecule has 4 aromatic rings. The second kappa shape index (κ2) is 13.0. The molecular weight excluding hydrogens is 572 g/mol. The molecule has 3 aromatic carbocycles. The molecule has 0 bridgehead atoms. The van der Waals surface area contributed by atoms with Crippen LogP contribution in [-0.2, 0) is 14.3 Å². The minimum atomic E-state index is -0.530. The second-order valence-corrected chi connectivity index (χ2v) is 12.1. The number of fused-ring (bicyclic) bond motifs is 1. The molecule has 10 heteroatoms. The SMILES string of the molecule is COC(=O)c1cc2[nH]c(O)c(C(=Nc3ccc(C(=O)N4CCN(CC(=O)OC(C)(C)C)CC4)cc3)c3ccccc3)c2cc1C. The number of aliphatic imine (C=N–C) groups is 1. The fourth-order valence-electron chi connectivity index (χ4n) is 5.42. The van der Waals surface area contributed by atoms with Crippen LogP contribution in [0.2, 0.25) is 0 Å². The molecule has 5 rings (SSSR count). The first-order valence-corrected chi connectivity index (χ1v) is 14.8. The summed E-state index contributed by atoms with van der Waals surface area (Å²) in [5.74, 6) is -0.891. The van der Waals surface area contributed by atoms with E-state index < -0.39 is 11.6 Å². The summed E-state index contributed by atoms with van der Waals surface area (Å²) in [4.78, 5) is 49.5. The lowest BCUT2D eigenvalue weighted by molar-refractivity contribution is -0.156. The Morgan fingerprint density at radius 2 is 1.60 bits per heavy atom. The molecule has 0 spiro atoms. The Hall–Kier alpha value is -4.96. The molecule has 1 aromatic heterocycles. The van der Waals surface area contributed by atoms with Crippen molar-refractivity contribution in [3.05, 3.63) is 94.5 Å². The molecule has 0 radical (unpaired) electrons. The van der Waals surface area contributed by atoms with Gasteiger partial charge in [-0.15, -0.1) is 0 Å². The largest absolute Gasteiger partial charge is 0.494 e. The number of rotatable bonds is 7. The average Bonchev–Trinajstić information content (AvgIpc) is 3.32. The number of methoxy groups -OCH3 is 1. The normalized spacial score (nSPS) is 14.4. The number of esters is 2. The van der Waals surface area contributed by atoms with Crippen molar-refractivity contribution in [3.8, 4) is 5.88 Å². The molecular formula is C35H38N4O6. The van der Waals surface area contributed by atoms with Crippen molar-refractivity contribution in [2.24, 2.45) is 4.99 Å². The minimum absolute atomic E-state index is 0.0772. The Bertz CT molecular complexity index is 1740. The summed E-state index contributed by atoms with van der Waals surface area (Å²) in [5, 5.41) is 11.8. The first kappa shape index (κ1) is 31.5. The number of H-pyrrole nitrogens is 1. The molecule has 1 aliphatic rings. The molecule has 0 unspecified atom stereocenters. The summed E-state index contributed by atoms with van der Waals surface area (Å²) in [5.41, 5.74) is 4.11. The van der Waals surface area contributed by atoms with E-state index in [2.05, 4.69) is 4.98 Å². The van der Waals surface area contributed by atoms with Crippen LogP contribution in [0.4, 0.5) is 5.69 Å². The highest BCUT2D eigenvalue weighted by atomic mass is 16.6. The molecule has 0 atom stereocenters. The standard InChI is InChI=1S/C35H38N4O6/c1-22-19-27-28(20-26(22)34(43)44-5)37-32(41)30(27)31(23-9-7-6-8-10-23)36-25-13-11-24(12-14-25)33(42)39-17-15-38(16-18-39)21-29(40)45-35(2,3)4/h6-14,19-20,37,41H,15-18,21H2,1-5H3. The van der Waals surface area contributed by atoms with E-state index in [0.29, 0.717) is 70.7 Å². The van der Waals surface area contributed by atoms with Crippen molar-refractivity contribution in [3.63, 3.8) is 0 Å². The maximum absolute atomic E-state index is 13.3.